The summed E-state index contributed by atoms with van der Waals surface area (Å²) < 4.78 is 6.19. The van der Waals surface area contributed by atoms with Gasteiger partial charge in [0.1, 0.15) is 0 Å². The van der Waals surface area contributed by atoms with Crippen molar-refractivity contribution in [3.05, 3.63) is 16.9 Å². The molecular formula is C16H24BrN5O2. The number of ether oxygens (including phenoxy) is 1. The molecule has 1 amide bonds. The lowest BCUT2D eigenvalue weighted by Crippen LogP contribution is -2.49. The SMILES string of the molecule is CN(c1ncc(Br)cn1)C1CCN(CC(=O)N2CCOCC2)CC1. The summed E-state index contributed by atoms with van der Waals surface area (Å²) in [5.41, 5.74) is 0. The number of hydrogen-bond donors (Lipinski definition) is 0. The Hall–Kier alpha value is -1.25. The van der Waals surface area contributed by atoms with Crippen molar-refractivity contribution in [2.45, 2.75) is 18.9 Å². The average Bonchev–Trinajstić information content (AvgIpc) is 2.63. The molecule has 0 N–H and O–H groups in total. The van der Waals surface area contributed by atoms with Crippen LogP contribution in [0.15, 0.2) is 16.9 Å². The van der Waals surface area contributed by atoms with Gasteiger partial charge >= 0.3 is 0 Å². The molecule has 0 spiro atoms. The van der Waals surface area contributed by atoms with Gasteiger partial charge in [-0.25, -0.2) is 9.97 Å². The van der Waals surface area contributed by atoms with Crippen LogP contribution in [0.2, 0.25) is 0 Å². The lowest BCUT2D eigenvalue weighted by atomic mass is 10.0. The molecule has 1 aromatic heterocycles. The van der Waals surface area contributed by atoms with Gasteiger partial charge in [0.05, 0.1) is 24.2 Å². The summed E-state index contributed by atoms with van der Waals surface area (Å²) in [6.07, 6.45) is 5.59. The van der Waals surface area contributed by atoms with Gasteiger partial charge in [0.2, 0.25) is 11.9 Å². The summed E-state index contributed by atoms with van der Waals surface area (Å²) >= 11 is 3.36. The molecule has 0 aromatic carbocycles. The Balaban J connectivity index is 1.46. The van der Waals surface area contributed by atoms with Gasteiger partial charge < -0.3 is 14.5 Å². The molecule has 0 saturated carbocycles. The fraction of sp³-hybridized carbons (Fsp3) is 0.688. The van der Waals surface area contributed by atoms with E-state index in [-0.39, 0.29) is 5.91 Å². The molecule has 2 saturated heterocycles. The lowest BCUT2D eigenvalue weighted by Gasteiger charge is -2.37. The van der Waals surface area contributed by atoms with Gasteiger partial charge in [-0.1, -0.05) is 0 Å². The van der Waals surface area contributed by atoms with Crippen molar-refractivity contribution in [3.8, 4) is 0 Å². The van der Waals surface area contributed by atoms with Gasteiger partial charge in [-0.15, -0.1) is 0 Å². The van der Waals surface area contributed by atoms with Gasteiger partial charge in [0.25, 0.3) is 0 Å². The van der Waals surface area contributed by atoms with Crippen LogP contribution < -0.4 is 4.90 Å². The third-order valence-corrected chi connectivity index (χ3v) is 5.16. The third-order valence-electron chi connectivity index (χ3n) is 4.75. The molecule has 132 valence electrons. The van der Waals surface area contributed by atoms with Crippen LogP contribution in [0, 0.1) is 0 Å². The van der Waals surface area contributed by atoms with Crippen LogP contribution in [0.1, 0.15) is 12.8 Å². The number of piperidine rings is 1. The van der Waals surface area contributed by atoms with E-state index in [1.54, 1.807) is 12.4 Å². The molecule has 0 aliphatic carbocycles. The summed E-state index contributed by atoms with van der Waals surface area (Å²) in [6.45, 7) is 5.14. The van der Waals surface area contributed by atoms with E-state index in [1.165, 1.54) is 0 Å². The largest absolute Gasteiger partial charge is 0.378 e. The third kappa shape index (κ3) is 4.43. The number of likely N-dealkylation sites (tertiary alicyclic amines) is 1. The lowest BCUT2D eigenvalue weighted by molar-refractivity contribution is -0.136. The predicted octanol–water partition coefficient (Wildman–Crippen LogP) is 0.998. The summed E-state index contributed by atoms with van der Waals surface area (Å²) in [5, 5.41) is 0. The summed E-state index contributed by atoms with van der Waals surface area (Å²) in [4.78, 5) is 27.4. The summed E-state index contributed by atoms with van der Waals surface area (Å²) in [5.74, 6) is 0.974. The predicted molar refractivity (Wildman–Crippen MR) is 95.0 cm³/mol. The molecule has 3 rings (SSSR count). The number of carbonyl (C=O) groups is 1. The van der Waals surface area contributed by atoms with Gasteiger partial charge in [0, 0.05) is 51.7 Å². The highest BCUT2D eigenvalue weighted by atomic mass is 79.9. The van der Waals surface area contributed by atoms with Gasteiger partial charge in [-0.3, -0.25) is 9.69 Å². The minimum atomic E-state index is 0.223. The molecule has 0 bridgehead atoms. The second-order valence-corrected chi connectivity index (χ2v) is 7.23. The van der Waals surface area contributed by atoms with E-state index in [4.69, 9.17) is 4.74 Å². The number of carbonyl (C=O) groups excluding carboxylic acids is 1. The van der Waals surface area contributed by atoms with E-state index < -0.39 is 0 Å². The van der Waals surface area contributed by atoms with E-state index in [1.807, 2.05) is 11.9 Å². The Bertz CT molecular complexity index is 542. The van der Waals surface area contributed by atoms with Crippen LogP contribution in [0.3, 0.4) is 0 Å². The zero-order valence-corrected chi connectivity index (χ0v) is 15.6. The minimum Gasteiger partial charge on any atom is -0.378 e. The molecule has 8 heteroatoms. The van der Waals surface area contributed by atoms with Gasteiger partial charge in [-0.05, 0) is 28.8 Å². The Morgan fingerprint density at radius 1 is 1.25 bits per heavy atom. The molecular weight excluding hydrogens is 374 g/mol. The van der Waals surface area contributed by atoms with E-state index in [2.05, 4.69) is 35.7 Å². The summed E-state index contributed by atoms with van der Waals surface area (Å²) in [6, 6.07) is 0.418. The maximum Gasteiger partial charge on any atom is 0.236 e. The Morgan fingerprint density at radius 2 is 1.88 bits per heavy atom. The second-order valence-electron chi connectivity index (χ2n) is 6.31. The first kappa shape index (κ1) is 17.6. The molecule has 2 aliphatic heterocycles. The zero-order valence-electron chi connectivity index (χ0n) is 14.0. The maximum absolute atomic E-state index is 12.3. The first-order valence-corrected chi connectivity index (χ1v) is 9.21. The number of morpholine rings is 1. The van der Waals surface area contributed by atoms with Gasteiger partial charge in [-0.2, -0.15) is 0 Å². The highest BCUT2D eigenvalue weighted by molar-refractivity contribution is 9.10. The Kier molecular flexibility index (Phi) is 6.02. The van der Waals surface area contributed by atoms with E-state index in [9.17, 15) is 4.79 Å². The van der Waals surface area contributed by atoms with E-state index in [0.717, 1.165) is 49.4 Å². The van der Waals surface area contributed by atoms with Crippen molar-refractivity contribution in [3.63, 3.8) is 0 Å². The molecule has 1 aromatic rings. The highest BCUT2D eigenvalue weighted by Crippen LogP contribution is 2.20. The molecule has 2 fully saturated rings. The minimum absolute atomic E-state index is 0.223. The van der Waals surface area contributed by atoms with Crippen LogP contribution in [-0.4, -0.2) is 84.7 Å². The fourth-order valence-corrected chi connectivity index (χ4v) is 3.42. The quantitative estimate of drug-likeness (QED) is 0.754. The maximum atomic E-state index is 12.3. The summed E-state index contributed by atoms with van der Waals surface area (Å²) in [7, 11) is 2.04. The van der Waals surface area contributed by atoms with Crippen molar-refractivity contribution in [2.24, 2.45) is 0 Å². The number of rotatable bonds is 4. The molecule has 0 unspecified atom stereocenters. The average molecular weight is 398 g/mol. The van der Waals surface area contributed by atoms with Crippen LogP contribution in [0.5, 0.6) is 0 Å². The van der Waals surface area contributed by atoms with Gasteiger partial charge in [0.15, 0.2) is 0 Å². The normalized spacial score (nSPS) is 20.2. The monoisotopic (exact) mass is 397 g/mol. The number of nitrogens with zero attached hydrogens (tertiary/aromatic N) is 5. The first-order valence-electron chi connectivity index (χ1n) is 8.42. The number of hydrogen-bond acceptors (Lipinski definition) is 6. The number of anilines is 1. The molecule has 2 aliphatic rings. The van der Waals surface area contributed by atoms with Crippen LogP contribution in [0.4, 0.5) is 5.95 Å². The zero-order chi connectivity index (χ0) is 16.9. The van der Waals surface area contributed by atoms with Crippen molar-refractivity contribution < 1.29 is 9.53 Å². The number of halogens is 1. The Morgan fingerprint density at radius 3 is 2.50 bits per heavy atom. The van der Waals surface area contributed by atoms with E-state index in [0.29, 0.717) is 25.8 Å². The fourth-order valence-electron chi connectivity index (χ4n) is 3.22. The van der Waals surface area contributed by atoms with Crippen LogP contribution in [0.25, 0.3) is 0 Å². The highest BCUT2D eigenvalue weighted by Gasteiger charge is 2.26. The first-order chi connectivity index (χ1) is 11.6. The molecule has 0 radical (unpaired) electrons. The molecule has 24 heavy (non-hydrogen) atoms. The van der Waals surface area contributed by atoms with E-state index >= 15 is 0 Å². The topological polar surface area (TPSA) is 61.8 Å². The van der Waals surface area contributed by atoms with Crippen molar-refractivity contribution in [1.29, 1.82) is 0 Å². The molecule has 3 heterocycles. The van der Waals surface area contributed by atoms with Crippen LogP contribution >= 0.6 is 15.9 Å². The van der Waals surface area contributed by atoms with Crippen molar-refractivity contribution in [1.82, 2.24) is 19.8 Å². The second kappa shape index (κ2) is 8.22. The molecule has 0 atom stereocenters. The number of aromatic nitrogens is 2. The Labute approximate surface area is 151 Å². The smallest absolute Gasteiger partial charge is 0.236 e. The molecule has 7 nitrogen and oxygen atoms in total. The number of amides is 1. The standard InChI is InChI=1S/C16H24BrN5O2/c1-20(16-18-10-13(17)11-19-16)14-2-4-21(5-3-14)12-15(23)22-6-8-24-9-7-22/h10-11,14H,2-9,12H2,1H3. The van der Waals surface area contributed by atoms with Crippen LogP contribution in [-0.2, 0) is 9.53 Å². The van der Waals surface area contributed by atoms with Crippen molar-refractivity contribution >= 4 is 27.8 Å². The van der Waals surface area contributed by atoms with Crippen molar-refractivity contribution in [2.75, 3.05) is 57.9 Å².